The molecule has 0 spiro atoms. The van der Waals surface area contributed by atoms with Gasteiger partial charge in [0.05, 0.1) is 29.5 Å². The van der Waals surface area contributed by atoms with Crippen LogP contribution in [0.15, 0.2) is 24.3 Å². The molecule has 20 heavy (non-hydrogen) atoms. The molecule has 1 heterocycles. The van der Waals surface area contributed by atoms with Crippen molar-refractivity contribution in [1.29, 1.82) is 0 Å². The quantitative estimate of drug-likeness (QED) is 0.674. The lowest BCUT2D eigenvalue weighted by molar-refractivity contribution is -0.384. The van der Waals surface area contributed by atoms with Crippen molar-refractivity contribution in [2.24, 2.45) is 0 Å². The number of aliphatic hydroxyl groups is 1. The number of nitro benzene ring substituents is 1. The fraction of sp³-hybridized carbons (Fsp3) is 0.250. The molecule has 1 N–H and O–H groups in total. The van der Waals surface area contributed by atoms with Crippen LogP contribution in [0.25, 0.3) is 5.69 Å². The molecule has 0 bridgehead atoms. The Balaban J connectivity index is 2.52. The van der Waals surface area contributed by atoms with Crippen molar-refractivity contribution in [3.05, 3.63) is 50.8 Å². The molecule has 1 aromatic carbocycles. The maximum atomic E-state index is 10.8. The van der Waals surface area contributed by atoms with Gasteiger partial charge in [-0.15, -0.1) is 0 Å². The van der Waals surface area contributed by atoms with E-state index in [1.54, 1.807) is 12.1 Å². The number of benzene rings is 1. The lowest BCUT2D eigenvalue weighted by Gasteiger charge is -2.02. The van der Waals surface area contributed by atoms with E-state index in [-0.39, 0.29) is 24.1 Å². The molecular weight excluding hydrogens is 286 g/mol. The van der Waals surface area contributed by atoms with E-state index in [1.807, 2.05) is 0 Å². The third-order valence-corrected chi connectivity index (χ3v) is 3.12. The largest absolute Gasteiger partial charge is 0.391 e. The molecule has 0 fully saturated rings. The highest BCUT2D eigenvalue weighted by Crippen LogP contribution is 2.26. The molecule has 7 nitrogen and oxygen atoms in total. The van der Waals surface area contributed by atoms with Gasteiger partial charge in [0.25, 0.3) is 5.69 Å². The molecule has 0 saturated heterocycles. The van der Waals surface area contributed by atoms with Crippen LogP contribution in [0.1, 0.15) is 11.3 Å². The van der Waals surface area contributed by atoms with Crippen molar-refractivity contribution in [2.75, 3.05) is 7.11 Å². The first-order valence-electron chi connectivity index (χ1n) is 5.69. The summed E-state index contributed by atoms with van der Waals surface area (Å²) in [6, 6.07) is 5.92. The van der Waals surface area contributed by atoms with Crippen molar-refractivity contribution >= 4 is 17.3 Å². The van der Waals surface area contributed by atoms with E-state index >= 15 is 0 Å². The van der Waals surface area contributed by atoms with Gasteiger partial charge in [-0.2, -0.15) is 5.10 Å². The molecular formula is C12H12ClN3O4. The van der Waals surface area contributed by atoms with Crippen molar-refractivity contribution in [3.63, 3.8) is 0 Å². The first-order chi connectivity index (χ1) is 9.58. The van der Waals surface area contributed by atoms with Crippen LogP contribution in [0.5, 0.6) is 0 Å². The van der Waals surface area contributed by atoms with Crippen molar-refractivity contribution in [2.45, 2.75) is 13.2 Å². The number of rotatable bonds is 5. The number of halogens is 1. The Morgan fingerprint density at radius 1 is 1.55 bits per heavy atom. The van der Waals surface area contributed by atoms with Gasteiger partial charge in [0, 0.05) is 24.8 Å². The summed E-state index contributed by atoms with van der Waals surface area (Å²) in [6.07, 6.45) is 0. The molecule has 106 valence electrons. The smallest absolute Gasteiger partial charge is 0.271 e. The molecule has 0 amide bonds. The van der Waals surface area contributed by atoms with Crippen LogP contribution < -0.4 is 0 Å². The predicted octanol–water partition coefficient (Wildman–Crippen LogP) is 2.07. The predicted molar refractivity (Wildman–Crippen MR) is 71.9 cm³/mol. The summed E-state index contributed by atoms with van der Waals surface area (Å²) in [5, 5.41) is 24.5. The molecule has 0 unspecified atom stereocenters. The fourth-order valence-corrected chi connectivity index (χ4v) is 2.09. The summed E-state index contributed by atoms with van der Waals surface area (Å²) in [4.78, 5) is 10.3. The monoisotopic (exact) mass is 297 g/mol. The first-order valence-corrected chi connectivity index (χ1v) is 6.07. The maximum absolute atomic E-state index is 10.8. The number of nitrogens with zero attached hydrogens (tertiary/aromatic N) is 3. The third kappa shape index (κ3) is 2.64. The van der Waals surface area contributed by atoms with Crippen molar-refractivity contribution in [3.8, 4) is 5.69 Å². The third-order valence-electron chi connectivity index (χ3n) is 2.73. The number of hydrogen-bond acceptors (Lipinski definition) is 5. The normalized spacial score (nSPS) is 10.8. The zero-order valence-electron chi connectivity index (χ0n) is 10.6. The average molecular weight is 298 g/mol. The Hall–Kier alpha value is -1.96. The van der Waals surface area contributed by atoms with Crippen LogP contribution in [0.3, 0.4) is 0 Å². The van der Waals surface area contributed by atoms with Crippen molar-refractivity contribution in [1.82, 2.24) is 9.78 Å². The second kappa shape index (κ2) is 6.00. The van der Waals surface area contributed by atoms with Gasteiger partial charge in [-0.1, -0.05) is 17.7 Å². The molecule has 0 radical (unpaired) electrons. The first kappa shape index (κ1) is 14.4. The number of ether oxygens (including phenoxy) is 1. The van der Waals surface area contributed by atoms with E-state index in [2.05, 4.69) is 5.10 Å². The molecule has 1 aromatic heterocycles. The Morgan fingerprint density at radius 3 is 2.90 bits per heavy atom. The van der Waals surface area contributed by atoms with E-state index in [0.29, 0.717) is 16.9 Å². The minimum atomic E-state index is -0.496. The van der Waals surface area contributed by atoms with Gasteiger partial charge in [0.15, 0.2) is 0 Å². The Morgan fingerprint density at radius 2 is 2.30 bits per heavy atom. The molecule has 0 saturated carbocycles. The van der Waals surface area contributed by atoms with Crippen LogP contribution >= 0.6 is 11.6 Å². The van der Waals surface area contributed by atoms with Gasteiger partial charge >= 0.3 is 0 Å². The Labute approximate surface area is 119 Å². The Bertz CT molecular complexity index is 642. The van der Waals surface area contributed by atoms with Crippen molar-refractivity contribution < 1.29 is 14.8 Å². The molecule has 0 atom stereocenters. The summed E-state index contributed by atoms with van der Waals surface area (Å²) in [6.45, 7) is -0.0933. The molecule has 2 aromatic rings. The summed E-state index contributed by atoms with van der Waals surface area (Å²) in [7, 11) is 1.50. The number of non-ortho nitro benzene ring substituents is 1. The van der Waals surface area contributed by atoms with E-state index in [0.717, 1.165) is 0 Å². The second-order valence-electron chi connectivity index (χ2n) is 4.00. The summed E-state index contributed by atoms with van der Waals surface area (Å²) < 4.78 is 6.32. The van der Waals surface area contributed by atoms with E-state index < -0.39 is 4.92 Å². The standard InChI is InChI=1S/C12H12ClN3O4/c1-20-7-11-10(6-17)12(13)15(14-11)8-3-2-4-9(5-8)16(18)19/h2-5,17H,6-7H2,1H3. The lowest BCUT2D eigenvalue weighted by Crippen LogP contribution is -1.99. The fourth-order valence-electron chi connectivity index (χ4n) is 1.79. The molecule has 8 heteroatoms. The number of aromatic nitrogens is 2. The van der Waals surface area contributed by atoms with Crippen LogP contribution in [-0.4, -0.2) is 26.9 Å². The molecule has 0 aliphatic heterocycles. The maximum Gasteiger partial charge on any atom is 0.271 e. The summed E-state index contributed by atoms with van der Waals surface area (Å²) >= 11 is 6.15. The van der Waals surface area contributed by atoms with Gasteiger partial charge in [0.1, 0.15) is 5.15 Å². The van der Waals surface area contributed by atoms with E-state index in [4.69, 9.17) is 16.3 Å². The highest BCUT2D eigenvalue weighted by molar-refractivity contribution is 6.30. The molecule has 2 rings (SSSR count). The summed E-state index contributed by atoms with van der Waals surface area (Å²) in [5.41, 5.74) is 1.32. The van der Waals surface area contributed by atoms with E-state index in [9.17, 15) is 15.2 Å². The zero-order chi connectivity index (χ0) is 14.7. The van der Waals surface area contributed by atoms with Gasteiger partial charge in [-0.3, -0.25) is 10.1 Å². The van der Waals surface area contributed by atoms with Crippen LogP contribution in [0.2, 0.25) is 5.15 Å². The van der Waals surface area contributed by atoms with Crippen LogP contribution in [0, 0.1) is 10.1 Å². The SMILES string of the molecule is COCc1nn(-c2cccc([N+](=O)[O-])c2)c(Cl)c1CO. The number of methoxy groups -OCH3 is 1. The number of nitro groups is 1. The topological polar surface area (TPSA) is 90.4 Å². The molecule has 0 aliphatic carbocycles. The second-order valence-corrected chi connectivity index (χ2v) is 4.35. The zero-order valence-corrected chi connectivity index (χ0v) is 11.4. The Kier molecular flexibility index (Phi) is 4.33. The minimum absolute atomic E-state index is 0.0621. The average Bonchev–Trinajstić information content (AvgIpc) is 2.75. The van der Waals surface area contributed by atoms with Crippen LogP contribution in [-0.2, 0) is 18.0 Å². The highest BCUT2D eigenvalue weighted by Gasteiger charge is 2.17. The van der Waals surface area contributed by atoms with Gasteiger partial charge in [-0.25, -0.2) is 4.68 Å². The van der Waals surface area contributed by atoms with Crippen LogP contribution in [0.4, 0.5) is 5.69 Å². The minimum Gasteiger partial charge on any atom is -0.391 e. The number of hydrogen-bond donors (Lipinski definition) is 1. The van der Waals surface area contributed by atoms with Gasteiger partial charge < -0.3 is 9.84 Å². The summed E-state index contributed by atoms with van der Waals surface area (Å²) in [5.74, 6) is 0. The van der Waals surface area contributed by atoms with E-state index in [1.165, 1.54) is 23.9 Å². The molecule has 0 aliphatic rings. The lowest BCUT2D eigenvalue weighted by atomic mass is 10.2. The highest BCUT2D eigenvalue weighted by atomic mass is 35.5. The van der Waals surface area contributed by atoms with Gasteiger partial charge in [0.2, 0.25) is 0 Å². The van der Waals surface area contributed by atoms with Gasteiger partial charge in [-0.05, 0) is 6.07 Å². The number of aliphatic hydroxyl groups excluding tert-OH is 1.